The predicted octanol–water partition coefficient (Wildman–Crippen LogP) is 4.29. The first-order valence-electron chi connectivity index (χ1n) is 9.31. The molecule has 1 aliphatic rings. The normalized spacial score (nSPS) is 14.6. The molecule has 0 unspecified atom stereocenters. The highest BCUT2D eigenvalue weighted by atomic mass is 16.6. The molecule has 3 rings (SSSR count). The molecule has 7 heteroatoms. The molecule has 7 nitrogen and oxygen atoms in total. The molecule has 2 aromatic carbocycles. The molecule has 2 aromatic rings. The Morgan fingerprint density at radius 3 is 2.46 bits per heavy atom. The Hall–Kier alpha value is -3.22. The molecular weight excluding hydrogens is 358 g/mol. The molecule has 0 atom stereocenters. The minimum absolute atomic E-state index is 0.0697. The van der Waals surface area contributed by atoms with Crippen LogP contribution in [0.3, 0.4) is 0 Å². The van der Waals surface area contributed by atoms with Crippen LogP contribution in [-0.2, 0) is 0 Å². The van der Waals surface area contributed by atoms with Gasteiger partial charge in [0, 0.05) is 36.0 Å². The van der Waals surface area contributed by atoms with Crippen LogP contribution >= 0.6 is 0 Å². The smallest absolute Gasteiger partial charge is 0.293 e. The summed E-state index contributed by atoms with van der Waals surface area (Å²) in [6.45, 7) is 5.17. The molecule has 1 amide bonds. The van der Waals surface area contributed by atoms with Gasteiger partial charge in [-0.25, -0.2) is 0 Å². The van der Waals surface area contributed by atoms with E-state index in [-0.39, 0.29) is 17.0 Å². The van der Waals surface area contributed by atoms with Crippen molar-refractivity contribution in [3.63, 3.8) is 0 Å². The fourth-order valence-corrected chi connectivity index (χ4v) is 3.35. The van der Waals surface area contributed by atoms with E-state index in [1.165, 1.54) is 13.0 Å². The SMILES string of the molecule is CC(=O)c1cccc(NC(=O)c2ccc(N3CCC(C)CC3)c([N+](=O)[O-])c2)c1. The molecule has 1 saturated heterocycles. The van der Waals surface area contributed by atoms with E-state index in [0.29, 0.717) is 22.9 Å². The number of rotatable bonds is 5. The highest BCUT2D eigenvalue weighted by Crippen LogP contribution is 2.32. The van der Waals surface area contributed by atoms with Gasteiger partial charge < -0.3 is 10.2 Å². The summed E-state index contributed by atoms with van der Waals surface area (Å²) in [5, 5.41) is 14.3. The van der Waals surface area contributed by atoms with Gasteiger partial charge >= 0.3 is 0 Å². The average Bonchev–Trinajstić information content (AvgIpc) is 2.68. The van der Waals surface area contributed by atoms with Gasteiger partial charge in [-0.2, -0.15) is 0 Å². The summed E-state index contributed by atoms with van der Waals surface area (Å²) in [5.74, 6) is 0.0562. The highest BCUT2D eigenvalue weighted by molar-refractivity contribution is 6.06. The number of piperidine rings is 1. The molecule has 1 heterocycles. The van der Waals surface area contributed by atoms with E-state index in [1.807, 2.05) is 4.90 Å². The maximum Gasteiger partial charge on any atom is 0.293 e. The Morgan fingerprint density at radius 2 is 1.82 bits per heavy atom. The van der Waals surface area contributed by atoms with E-state index in [1.54, 1.807) is 36.4 Å². The second-order valence-electron chi connectivity index (χ2n) is 7.22. The van der Waals surface area contributed by atoms with Crippen LogP contribution in [0.1, 0.15) is 47.4 Å². The van der Waals surface area contributed by atoms with Gasteiger partial charge in [-0.05, 0) is 49.9 Å². The van der Waals surface area contributed by atoms with Gasteiger partial charge in [0.2, 0.25) is 0 Å². The van der Waals surface area contributed by atoms with E-state index < -0.39 is 10.8 Å². The molecule has 28 heavy (non-hydrogen) atoms. The molecular formula is C21H23N3O4. The van der Waals surface area contributed by atoms with E-state index in [9.17, 15) is 19.7 Å². The van der Waals surface area contributed by atoms with Crippen molar-refractivity contribution in [3.05, 3.63) is 63.7 Å². The Morgan fingerprint density at radius 1 is 1.11 bits per heavy atom. The third-order valence-corrected chi connectivity index (χ3v) is 5.09. The molecule has 1 aliphatic heterocycles. The number of anilines is 2. The van der Waals surface area contributed by atoms with Crippen LogP contribution in [0.2, 0.25) is 0 Å². The standard InChI is InChI=1S/C21H23N3O4/c1-14-8-10-23(11-9-14)19-7-6-17(13-20(19)24(27)28)21(26)22-18-5-3-4-16(12-18)15(2)25/h3-7,12-14H,8-11H2,1-2H3,(H,22,26). The largest absolute Gasteiger partial charge is 0.366 e. The molecule has 146 valence electrons. The van der Waals surface area contributed by atoms with Crippen molar-refractivity contribution in [2.45, 2.75) is 26.7 Å². The number of carbonyl (C=O) groups excluding carboxylic acids is 2. The monoisotopic (exact) mass is 381 g/mol. The van der Waals surface area contributed by atoms with Gasteiger partial charge in [-0.15, -0.1) is 0 Å². The number of nitro benzene ring substituents is 1. The predicted molar refractivity (Wildman–Crippen MR) is 108 cm³/mol. The molecule has 0 radical (unpaired) electrons. The number of amides is 1. The van der Waals surface area contributed by atoms with Crippen molar-refractivity contribution >= 4 is 28.8 Å². The molecule has 1 fully saturated rings. The first kappa shape index (κ1) is 19.5. The zero-order valence-corrected chi connectivity index (χ0v) is 16.0. The summed E-state index contributed by atoms with van der Waals surface area (Å²) in [4.78, 5) is 37.2. The lowest BCUT2D eigenvalue weighted by Gasteiger charge is -2.31. The first-order valence-corrected chi connectivity index (χ1v) is 9.31. The zero-order chi connectivity index (χ0) is 20.3. The number of nitrogens with zero attached hydrogens (tertiary/aromatic N) is 2. The minimum atomic E-state index is -0.456. The molecule has 1 N–H and O–H groups in total. The van der Waals surface area contributed by atoms with Gasteiger partial charge in [0.15, 0.2) is 5.78 Å². The number of nitrogens with one attached hydrogen (secondary N) is 1. The van der Waals surface area contributed by atoms with Crippen LogP contribution in [0.15, 0.2) is 42.5 Å². The Kier molecular flexibility index (Phi) is 5.73. The zero-order valence-electron chi connectivity index (χ0n) is 16.0. The van der Waals surface area contributed by atoms with E-state index in [4.69, 9.17) is 0 Å². The van der Waals surface area contributed by atoms with Gasteiger partial charge in [0.25, 0.3) is 11.6 Å². The Labute approximate surface area is 163 Å². The van der Waals surface area contributed by atoms with Crippen molar-refractivity contribution in [2.75, 3.05) is 23.3 Å². The van der Waals surface area contributed by atoms with Gasteiger partial charge in [0.1, 0.15) is 5.69 Å². The van der Waals surface area contributed by atoms with Crippen LogP contribution in [-0.4, -0.2) is 29.7 Å². The van der Waals surface area contributed by atoms with Crippen molar-refractivity contribution < 1.29 is 14.5 Å². The maximum absolute atomic E-state index is 12.6. The van der Waals surface area contributed by atoms with Gasteiger partial charge in [-0.3, -0.25) is 19.7 Å². The minimum Gasteiger partial charge on any atom is -0.366 e. The van der Waals surface area contributed by atoms with Crippen LogP contribution in [0.25, 0.3) is 0 Å². The molecule has 0 aliphatic carbocycles. The van der Waals surface area contributed by atoms with Gasteiger partial charge in [0.05, 0.1) is 4.92 Å². The third-order valence-electron chi connectivity index (χ3n) is 5.09. The molecule has 0 bridgehead atoms. The molecule has 0 aromatic heterocycles. The number of ketones is 1. The number of carbonyl (C=O) groups is 2. The van der Waals surface area contributed by atoms with Crippen molar-refractivity contribution in [1.29, 1.82) is 0 Å². The summed E-state index contributed by atoms with van der Waals surface area (Å²) in [6, 6.07) is 11.2. The fourth-order valence-electron chi connectivity index (χ4n) is 3.35. The average molecular weight is 381 g/mol. The summed E-state index contributed by atoms with van der Waals surface area (Å²) >= 11 is 0. The Balaban J connectivity index is 1.83. The van der Waals surface area contributed by atoms with Crippen molar-refractivity contribution in [3.8, 4) is 0 Å². The number of hydrogen-bond donors (Lipinski definition) is 1. The van der Waals surface area contributed by atoms with Crippen LogP contribution < -0.4 is 10.2 Å². The molecule has 0 spiro atoms. The summed E-state index contributed by atoms with van der Waals surface area (Å²) in [7, 11) is 0. The second kappa shape index (κ2) is 8.21. The van der Waals surface area contributed by atoms with E-state index in [0.717, 1.165) is 25.9 Å². The van der Waals surface area contributed by atoms with Crippen molar-refractivity contribution in [1.82, 2.24) is 0 Å². The lowest BCUT2D eigenvalue weighted by molar-refractivity contribution is -0.384. The highest BCUT2D eigenvalue weighted by Gasteiger charge is 2.24. The van der Waals surface area contributed by atoms with Gasteiger partial charge in [-0.1, -0.05) is 19.1 Å². The summed E-state index contributed by atoms with van der Waals surface area (Å²) < 4.78 is 0. The summed E-state index contributed by atoms with van der Waals surface area (Å²) in [6.07, 6.45) is 1.98. The lowest BCUT2D eigenvalue weighted by Crippen LogP contribution is -2.33. The van der Waals surface area contributed by atoms with Crippen LogP contribution in [0.5, 0.6) is 0 Å². The topological polar surface area (TPSA) is 92.6 Å². The lowest BCUT2D eigenvalue weighted by atomic mass is 9.98. The number of benzene rings is 2. The quantitative estimate of drug-likeness (QED) is 0.474. The van der Waals surface area contributed by atoms with Crippen molar-refractivity contribution in [2.24, 2.45) is 5.92 Å². The first-order chi connectivity index (χ1) is 13.3. The maximum atomic E-state index is 12.6. The number of hydrogen-bond acceptors (Lipinski definition) is 5. The van der Waals surface area contributed by atoms with E-state index >= 15 is 0 Å². The van der Waals surface area contributed by atoms with E-state index in [2.05, 4.69) is 12.2 Å². The molecule has 0 saturated carbocycles. The third kappa shape index (κ3) is 4.36. The number of Topliss-reactive ketones (excluding diaryl/α,β-unsaturated/α-hetero) is 1. The fraction of sp³-hybridized carbons (Fsp3) is 0.333. The number of nitro groups is 1. The Bertz CT molecular complexity index is 918. The van der Waals surface area contributed by atoms with Crippen LogP contribution in [0, 0.1) is 16.0 Å². The summed E-state index contributed by atoms with van der Waals surface area (Å²) in [5.41, 5.74) is 1.63. The second-order valence-corrected chi connectivity index (χ2v) is 7.22. The van der Waals surface area contributed by atoms with Crippen LogP contribution in [0.4, 0.5) is 17.1 Å².